The first-order chi connectivity index (χ1) is 6.76. The van der Waals surface area contributed by atoms with Crippen LogP contribution in [0, 0.1) is 0 Å². The molecule has 2 rings (SSSR count). The molecule has 1 unspecified atom stereocenters. The number of hydrogen-bond donors (Lipinski definition) is 1. The topological polar surface area (TPSA) is 38.9 Å². The minimum atomic E-state index is -0.0902. The molecule has 1 aromatic rings. The van der Waals surface area contributed by atoms with Gasteiger partial charge in [-0.25, -0.2) is 0 Å². The maximum Gasteiger partial charge on any atom is 0.0315 e. The van der Waals surface area contributed by atoms with Crippen LogP contribution in [0.3, 0.4) is 0 Å². The van der Waals surface area contributed by atoms with Gasteiger partial charge in [0.25, 0.3) is 0 Å². The van der Waals surface area contributed by atoms with Crippen molar-refractivity contribution >= 4 is 6.08 Å². The van der Waals surface area contributed by atoms with Crippen molar-refractivity contribution in [2.75, 3.05) is 6.54 Å². The van der Waals surface area contributed by atoms with Gasteiger partial charge in [-0.3, -0.25) is 4.98 Å². The molecule has 0 amide bonds. The second kappa shape index (κ2) is 3.39. The predicted molar refractivity (Wildman–Crippen MR) is 58.8 cm³/mol. The van der Waals surface area contributed by atoms with Crippen LogP contribution in [0.25, 0.3) is 6.08 Å². The second-order valence-electron chi connectivity index (χ2n) is 3.80. The largest absolute Gasteiger partial charge is 0.329 e. The van der Waals surface area contributed by atoms with Crippen LogP contribution in [0.2, 0.25) is 0 Å². The van der Waals surface area contributed by atoms with Crippen LogP contribution >= 0.6 is 0 Å². The average Bonchev–Trinajstić information content (AvgIpc) is 2.40. The molecule has 2 nitrogen and oxygen atoms in total. The van der Waals surface area contributed by atoms with Crippen LogP contribution in [0.4, 0.5) is 0 Å². The summed E-state index contributed by atoms with van der Waals surface area (Å²) in [6.07, 6.45) is 12.0. The van der Waals surface area contributed by atoms with E-state index in [4.69, 9.17) is 5.73 Å². The molecule has 0 radical (unpaired) electrons. The zero-order chi connectivity index (χ0) is 10.0. The van der Waals surface area contributed by atoms with Gasteiger partial charge < -0.3 is 5.73 Å². The molecule has 0 aliphatic heterocycles. The highest BCUT2D eigenvalue weighted by atomic mass is 14.6. The Kier molecular flexibility index (Phi) is 2.22. The molecule has 14 heavy (non-hydrogen) atoms. The summed E-state index contributed by atoms with van der Waals surface area (Å²) in [7, 11) is 0. The van der Waals surface area contributed by atoms with Crippen molar-refractivity contribution in [3.05, 3.63) is 47.8 Å². The summed E-state index contributed by atoms with van der Waals surface area (Å²) in [5, 5.41) is 0. The predicted octanol–water partition coefficient (Wildman–Crippen LogP) is 1.88. The average molecular weight is 186 g/mol. The van der Waals surface area contributed by atoms with Crippen molar-refractivity contribution in [2.45, 2.75) is 12.3 Å². The summed E-state index contributed by atoms with van der Waals surface area (Å²) in [5.41, 5.74) is 8.13. The molecule has 0 fully saturated rings. The monoisotopic (exact) mass is 186 g/mol. The Hall–Kier alpha value is -1.41. The van der Waals surface area contributed by atoms with E-state index in [0.29, 0.717) is 6.54 Å². The fraction of sp³-hybridized carbons (Fsp3) is 0.250. The van der Waals surface area contributed by atoms with E-state index < -0.39 is 0 Å². The maximum absolute atomic E-state index is 5.81. The van der Waals surface area contributed by atoms with Gasteiger partial charge in [-0.1, -0.05) is 31.2 Å². The Morgan fingerprint density at radius 3 is 3.07 bits per heavy atom. The van der Waals surface area contributed by atoms with Gasteiger partial charge in [-0.05, 0) is 17.2 Å². The lowest BCUT2D eigenvalue weighted by atomic mass is 9.81. The van der Waals surface area contributed by atoms with E-state index in [9.17, 15) is 0 Å². The van der Waals surface area contributed by atoms with Crippen LogP contribution in [-0.4, -0.2) is 11.5 Å². The summed E-state index contributed by atoms with van der Waals surface area (Å²) in [4.78, 5) is 4.16. The quantitative estimate of drug-likeness (QED) is 0.727. The van der Waals surface area contributed by atoms with Crippen molar-refractivity contribution in [3.8, 4) is 0 Å². The van der Waals surface area contributed by atoms with Crippen LogP contribution in [-0.2, 0) is 5.41 Å². The number of hydrogen-bond acceptors (Lipinski definition) is 2. The van der Waals surface area contributed by atoms with E-state index in [2.05, 4.69) is 24.1 Å². The molecule has 1 atom stereocenters. The van der Waals surface area contributed by atoms with E-state index in [1.54, 1.807) is 0 Å². The number of nitrogens with zero attached hydrogens (tertiary/aromatic N) is 1. The van der Waals surface area contributed by atoms with Crippen molar-refractivity contribution in [1.29, 1.82) is 0 Å². The third-order valence-electron chi connectivity index (χ3n) is 2.75. The Morgan fingerprint density at radius 2 is 2.29 bits per heavy atom. The third kappa shape index (κ3) is 1.38. The molecule has 2 N–H and O–H groups in total. The van der Waals surface area contributed by atoms with Gasteiger partial charge in [0.2, 0.25) is 0 Å². The first kappa shape index (κ1) is 9.16. The highest BCUT2D eigenvalue weighted by Crippen LogP contribution is 2.29. The van der Waals surface area contributed by atoms with Crippen molar-refractivity contribution in [1.82, 2.24) is 4.98 Å². The fourth-order valence-corrected chi connectivity index (χ4v) is 1.72. The van der Waals surface area contributed by atoms with E-state index in [1.165, 1.54) is 11.1 Å². The summed E-state index contributed by atoms with van der Waals surface area (Å²) in [6, 6.07) is 2.02. The summed E-state index contributed by atoms with van der Waals surface area (Å²) in [5.74, 6) is 0. The van der Waals surface area contributed by atoms with Crippen molar-refractivity contribution in [2.24, 2.45) is 5.73 Å². The fourth-order valence-electron chi connectivity index (χ4n) is 1.72. The van der Waals surface area contributed by atoms with Crippen molar-refractivity contribution in [3.63, 3.8) is 0 Å². The molecule has 72 valence electrons. The second-order valence-corrected chi connectivity index (χ2v) is 3.80. The minimum Gasteiger partial charge on any atom is -0.329 e. The molecular formula is C12H14N2. The van der Waals surface area contributed by atoms with Gasteiger partial charge in [-0.2, -0.15) is 0 Å². The molecule has 0 bridgehead atoms. The standard InChI is InChI=1S/C12H14N2/c1-12(9-13)6-3-2-4-10-5-7-14-8-11(10)12/h2-8H,9,13H2,1H3. The lowest BCUT2D eigenvalue weighted by Gasteiger charge is -2.25. The van der Waals surface area contributed by atoms with Crippen LogP contribution < -0.4 is 5.73 Å². The lowest BCUT2D eigenvalue weighted by Crippen LogP contribution is -2.30. The molecule has 0 aromatic carbocycles. The third-order valence-corrected chi connectivity index (χ3v) is 2.75. The number of fused-ring (bicyclic) bond motifs is 1. The van der Waals surface area contributed by atoms with E-state index in [1.807, 2.05) is 30.6 Å². The summed E-state index contributed by atoms with van der Waals surface area (Å²) < 4.78 is 0. The molecule has 1 aliphatic carbocycles. The van der Waals surface area contributed by atoms with E-state index >= 15 is 0 Å². The highest BCUT2D eigenvalue weighted by molar-refractivity contribution is 5.59. The normalized spacial score (nSPS) is 24.4. The highest BCUT2D eigenvalue weighted by Gasteiger charge is 2.24. The Labute approximate surface area is 84.2 Å². The van der Waals surface area contributed by atoms with Crippen LogP contribution in [0.5, 0.6) is 0 Å². The first-order valence-corrected chi connectivity index (χ1v) is 4.77. The van der Waals surface area contributed by atoms with E-state index in [-0.39, 0.29) is 5.41 Å². The number of allylic oxidation sites excluding steroid dienone is 2. The zero-order valence-corrected chi connectivity index (χ0v) is 8.27. The molecule has 0 saturated heterocycles. The molecule has 0 saturated carbocycles. The molecule has 1 aromatic heterocycles. The zero-order valence-electron chi connectivity index (χ0n) is 8.27. The summed E-state index contributed by atoms with van der Waals surface area (Å²) in [6.45, 7) is 2.74. The van der Waals surface area contributed by atoms with Crippen LogP contribution in [0.15, 0.2) is 36.7 Å². The number of aromatic nitrogens is 1. The van der Waals surface area contributed by atoms with Crippen LogP contribution in [0.1, 0.15) is 18.1 Å². The minimum absolute atomic E-state index is 0.0902. The van der Waals surface area contributed by atoms with Crippen molar-refractivity contribution < 1.29 is 0 Å². The van der Waals surface area contributed by atoms with Gasteiger partial charge in [0.1, 0.15) is 0 Å². The smallest absolute Gasteiger partial charge is 0.0315 e. The SMILES string of the molecule is CC1(CN)C=CC=Cc2ccncc21. The van der Waals surface area contributed by atoms with Gasteiger partial charge in [-0.15, -0.1) is 0 Å². The van der Waals surface area contributed by atoms with Gasteiger partial charge >= 0.3 is 0 Å². The molecule has 2 heteroatoms. The number of nitrogens with two attached hydrogens (primary N) is 1. The van der Waals surface area contributed by atoms with Gasteiger partial charge in [0.15, 0.2) is 0 Å². The van der Waals surface area contributed by atoms with Gasteiger partial charge in [0.05, 0.1) is 0 Å². The number of pyridine rings is 1. The Morgan fingerprint density at radius 1 is 1.43 bits per heavy atom. The first-order valence-electron chi connectivity index (χ1n) is 4.77. The molecular weight excluding hydrogens is 172 g/mol. The van der Waals surface area contributed by atoms with E-state index in [0.717, 1.165) is 0 Å². The summed E-state index contributed by atoms with van der Waals surface area (Å²) >= 11 is 0. The Balaban J connectivity index is 2.61. The maximum atomic E-state index is 5.81. The van der Waals surface area contributed by atoms with Gasteiger partial charge in [0, 0.05) is 24.4 Å². The molecule has 1 heterocycles. The Bertz CT molecular complexity index is 393. The number of rotatable bonds is 1. The lowest BCUT2D eigenvalue weighted by molar-refractivity contribution is 0.605. The molecule has 1 aliphatic rings. The molecule has 0 spiro atoms.